The first-order valence-electron chi connectivity index (χ1n) is 6.82. The van der Waals surface area contributed by atoms with Crippen molar-refractivity contribution in [2.75, 3.05) is 20.6 Å². The number of nitrogens with one attached hydrogen (secondary N) is 1. The maximum Gasteiger partial charge on any atom is 0.243 e. The number of sulfonamides is 1. The van der Waals surface area contributed by atoms with Crippen LogP contribution in [0.5, 0.6) is 0 Å². The van der Waals surface area contributed by atoms with Gasteiger partial charge in [0.05, 0.1) is 4.90 Å². The van der Waals surface area contributed by atoms with E-state index >= 15 is 0 Å². The lowest BCUT2D eigenvalue weighted by Gasteiger charge is -2.18. The molecule has 0 aliphatic rings. The smallest absolute Gasteiger partial charge is 0.243 e. The van der Waals surface area contributed by atoms with Gasteiger partial charge in [0.2, 0.25) is 10.0 Å². The van der Waals surface area contributed by atoms with Gasteiger partial charge in [0.25, 0.3) is 0 Å². The fourth-order valence-electron chi connectivity index (χ4n) is 1.93. The molecule has 0 aromatic heterocycles. The Morgan fingerprint density at radius 2 is 2.00 bits per heavy atom. The Morgan fingerprint density at radius 3 is 2.60 bits per heavy atom. The number of halogens is 1. The Kier molecular flexibility index (Phi) is 7.15. The van der Waals surface area contributed by atoms with Crippen LogP contribution in [-0.4, -0.2) is 33.4 Å². The number of hydrogen-bond acceptors (Lipinski definition) is 3. The van der Waals surface area contributed by atoms with Crippen molar-refractivity contribution in [3.63, 3.8) is 0 Å². The van der Waals surface area contributed by atoms with E-state index in [1.54, 1.807) is 19.2 Å². The van der Waals surface area contributed by atoms with E-state index in [-0.39, 0.29) is 0 Å². The summed E-state index contributed by atoms with van der Waals surface area (Å²) >= 11 is 3.34. The summed E-state index contributed by atoms with van der Waals surface area (Å²) in [5, 5.41) is 3.03. The molecule has 0 saturated carbocycles. The van der Waals surface area contributed by atoms with Crippen LogP contribution in [0.3, 0.4) is 0 Å². The van der Waals surface area contributed by atoms with Crippen LogP contribution in [0, 0.1) is 0 Å². The van der Waals surface area contributed by atoms with Crippen LogP contribution >= 0.6 is 15.9 Å². The SMILES string of the molecule is CCCCCN(C)S(=O)(=O)c1cc(CNC)ccc1Br. The van der Waals surface area contributed by atoms with Crippen molar-refractivity contribution in [3.05, 3.63) is 28.2 Å². The largest absolute Gasteiger partial charge is 0.316 e. The summed E-state index contributed by atoms with van der Waals surface area (Å²) in [6.07, 6.45) is 3.01. The molecule has 1 aromatic rings. The van der Waals surface area contributed by atoms with E-state index in [0.717, 1.165) is 24.8 Å². The molecule has 0 atom stereocenters. The van der Waals surface area contributed by atoms with Gasteiger partial charge in [0, 0.05) is 24.6 Å². The number of rotatable bonds is 8. The fourth-order valence-corrected chi connectivity index (χ4v) is 4.11. The second kappa shape index (κ2) is 8.12. The number of hydrogen-bond donors (Lipinski definition) is 1. The summed E-state index contributed by atoms with van der Waals surface area (Å²) in [6.45, 7) is 3.31. The average molecular weight is 363 g/mol. The molecule has 114 valence electrons. The molecule has 1 rings (SSSR count). The van der Waals surface area contributed by atoms with Gasteiger partial charge in [-0.2, -0.15) is 0 Å². The maximum absolute atomic E-state index is 12.6. The van der Waals surface area contributed by atoms with Gasteiger partial charge in [0.1, 0.15) is 0 Å². The van der Waals surface area contributed by atoms with E-state index in [4.69, 9.17) is 0 Å². The van der Waals surface area contributed by atoms with Crippen LogP contribution < -0.4 is 5.32 Å². The van der Waals surface area contributed by atoms with Crippen molar-refractivity contribution >= 4 is 26.0 Å². The lowest BCUT2D eigenvalue weighted by Crippen LogP contribution is -2.28. The molecule has 6 heteroatoms. The van der Waals surface area contributed by atoms with Crippen LogP contribution in [0.25, 0.3) is 0 Å². The predicted molar refractivity (Wildman–Crippen MR) is 86.2 cm³/mol. The van der Waals surface area contributed by atoms with Gasteiger partial charge in [-0.05, 0) is 47.1 Å². The molecule has 0 heterocycles. The van der Waals surface area contributed by atoms with Crippen LogP contribution in [0.2, 0.25) is 0 Å². The van der Waals surface area contributed by atoms with E-state index in [0.29, 0.717) is 22.5 Å². The van der Waals surface area contributed by atoms with Gasteiger partial charge >= 0.3 is 0 Å². The maximum atomic E-state index is 12.6. The lowest BCUT2D eigenvalue weighted by molar-refractivity contribution is 0.454. The summed E-state index contributed by atoms with van der Waals surface area (Å²) < 4.78 is 27.2. The highest BCUT2D eigenvalue weighted by Crippen LogP contribution is 2.26. The van der Waals surface area contributed by atoms with Crippen molar-refractivity contribution in [1.29, 1.82) is 0 Å². The standard InChI is InChI=1S/C14H23BrN2O2S/c1-4-5-6-9-17(3)20(18,19)14-10-12(11-16-2)7-8-13(14)15/h7-8,10,16H,4-6,9,11H2,1-3H3. The van der Waals surface area contributed by atoms with Gasteiger partial charge in [-0.1, -0.05) is 25.8 Å². The van der Waals surface area contributed by atoms with Gasteiger partial charge in [-0.3, -0.25) is 0 Å². The van der Waals surface area contributed by atoms with Crippen molar-refractivity contribution in [2.24, 2.45) is 0 Å². The summed E-state index contributed by atoms with van der Waals surface area (Å²) in [5.74, 6) is 0. The third-order valence-electron chi connectivity index (χ3n) is 3.14. The molecule has 0 bridgehead atoms. The molecular weight excluding hydrogens is 340 g/mol. The fraction of sp³-hybridized carbons (Fsp3) is 0.571. The highest BCUT2D eigenvalue weighted by Gasteiger charge is 2.23. The number of benzene rings is 1. The molecule has 0 aliphatic carbocycles. The number of unbranched alkanes of at least 4 members (excludes halogenated alkanes) is 2. The first-order valence-corrected chi connectivity index (χ1v) is 9.06. The molecule has 0 saturated heterocycles. The zero-order chi connectivity index (χ0) is 15.2. The minimum absolute atomic E-state index is 0.337. The number of nitrogens with zero attached hydrogens (tertiary/aromatic N) is 1. The monoisotopic (exact) mass is 362 g/mol. The molecule has 0 unspecified atom stereocenters. The van der Waals surface area contributed by atoms with Crippen molar-refractivity contribution < 1.29 is 8.42 Å². The summed E-state index contributed by atoms with van der Waals surface area (Å²) in [7, 11) is 0.0492. The normalized spacial score (nSPS) is 12.1. The molecule has 0 aliphatic heterocycles. The van der Waals surface area contributed by atoms with Crippen LogP contribution in [0.15, 0.2) is 27.6 Å². The van der Waals surface area contributed by atoms with Crippen molar-refractivity contribution in [3.8, 4) is 0 Å². The molecule has 0 fully saturated rings. The van der Waals surface area contributed by atoms with E-state index in [1.165, 1.54) is 4.31 Å². The first-order chi connectivity index (χ1) is 9.43. The molecule has 0 amide bonds. The third-order valence-corrected chi connectivity index (χ3v) is 5.99. The average Bonchev–Trinajstić information content (AvgIpc) is 2.41. The Hall–Kier alpha value is -0.430. The molecular formula is C14H23BrN2O2S. The van der Waals surface area contributed by atoms with Gasteiger partial charge < -0.3 is 5.32 Å². The molecule has 1 N–H and O–H groups in total. The summed E-state index contributed by atoms with van der Waals surface area (Å²) in [4.78, 5) is 0.337. The Bertz CT molecular complexity index is 532. The Morgan fingerprint density at radius 1 is 1.30 bits per heavy atom. The van der Waals surface area contributed by atoms with Crippen LogP contribution in [0.4, 0.5) is 0 Å². The van der Waals surface area contributed by atoms with E-state index in [1.807, 2.05) is 13.1 Å². The molecule has 20 heavy (non-hydrogen) atoms. The first kappa shape index (κ1) is 17.6. The highest BCUT2D eigenvalue weighted by molar-refractivity contribution is 9.10. The van der Waals surface area contributed by atoms with Crippen LogP contribution in [0.1, 0.15) is 31.7 Å². The van der Waals surface area contributed by atoms with Gasteiger partial charge in [-0.25, -0.2) is 12.7 Å². The van der Waals surface area contributed by atoms with Gasteiger partial charge in [0.15, 0.2) is 0 Å². The summed E-state index contributed by atoms with van der Waals surface area (Å²) in [5.41, 5.74) is 0.955. The minimum Gasteiger partial charge on any atom is -0.316 e. The lowest BCUT2D eigenvalue weighted by atomic mass is 10.2. The molecule has 0 spiro atoms. The quantitative estimate of drug-likeness (QED) is 0.723. The minimum atomic E-state index is -3.43. The van der Waals surface area contributed by atoms with Gasteiger partial charge in [-0.15, -0.1) is 0 Å². The summed E-state index contributed by atoms with van der Waals surface area (Å²) in [6, 6.07) is 5.43. The highest BCUT2D eigenvalue weighted by atomic mass is 79.9. The molecule has 4 nitrogen and oxygen atoms in total. The predicted octanol–water partition coefficient (Wildman–Crippen LogP) is 2.98. The second-order valence-electron chi connectivity index (χ2n) is 4.83. The Balaban J connectivity index is 2.98. The molecule has 1 aromatic carbocycles. The van der Waals surface area contributed by atoms with Crippen molar-refractivity contribution in [1.82, 2.24) is 9.62 Å². The van der Waals surface area contributed by atoms with E-state index in [2.05, 4.69) is 28.2 Å². The second-order valence-corrected chi connectivity index (χ2v) is 7.70. The van der Waals surface area contributed by atoms with E-state index in [9.17, 15) is 8.42 Å². The zero-order valence-electron chi connectivity index (χ0n) is 12.3. The van der Waals surface area contributed by atoms with E-state index < -0.39 is 10.0 Å². The Labute approximate surface area is 130 Å². The third kappa shape index (κ3) is 4.55. The topological polar surface area (TPSA) is 49.4 Å². The van der Waals surface area contributed by atoms with Crippen molar-refractivity contribution in [2.45, 2.75) is 37.6 Å². The molecule has 0 radical (unpaired) electrons. The van der Waals surface area contributed by atoms with Crippen LogP contribution in [-0.2, 0) is 16.6 Å². The zero-order valence-corrected chi connectivity index (χ0v) is 14.7.